The molecule has 0 atom stereocenters. The van der Waals surface area contributed by atoms with Gasteiger partial charge in [0.05, 0.1) is 6.61 Å². The molecule has 6 heteroatoms. The summed E-state index contributed by atoms with van der Waals surface area (Å²) in [5.74, 6) is 0.0672. The van der Waals surface area contributed by atoms with Gasteiger partial charge in [-0.2, -0.15) is 0 Å². The molecule has 0 fully saturated rings. The van der Waals surface area contributed by atoms with Crippen LogP contribution in [0.15, 0.2) is 18.2 Å². The summed E-state index contributed by atoms with van der Waals surface area (Å²) in [7, 11) is 4.03. The number of likely N-dealkylation sites (N-methyl/N-ethyl adjacent to an activating group) is 1. The highest BCUT2D eigenvalue weighted by molar-refractivity contribution is 5.68. The molecule has 0 unspecified atom stereocenters. The Morgan fingerprint density at radius 3 is 2.71 bits per heavy atom. The third-order valence-corrected chi connectivity index (χ3v) is 2.75. The number of nitrogens with zero attached hydrogens (tertiary/aromatic N) is 1. The molecule has 0 bridgehead atoms. The lowest BCUT2D eigenvalue weighted by Gasteiger charge is -2.16. The second kappa shape index (κ2) is 9.20. The molecule has 0 saturated carbocycles. The lowest BCUT2D eigenvalue weighted by Crippen LogP contribution is -2.26. The van der Waals surface area contributed by atoms with Gasteiger partial charge in [-0.25, -0.2) is 4.79 Å². The van der Waals surface area contributed by atoms with Crippen molar-refractivity contribution in [3.8, 4) is 11.5 Å². The van der Waals surface area contributed by atoms with E-state index in [1.807, 2.05) is 33.2 Å². The molecule has 0 amide bonds. The van der Waals surface area contributed by atoms with Gasteiger partial charge in [0.2, 0.25) is 0 Å². The van der Waals surface area contributed by atoms with Gasteiger partial charge in [0.1, 0.15) is 0 Å². The Bertz CT molecular complexity index is 449. The number of hydrogen-bond acceptors (Lipinski definition) is 5. The van der Waals surface area contributed by atoms with Gasteiger partial charge < -0.3 is 24.8 Å². The lowest BCUT2D eigenvalue weighted by molar-refractivity contribution is -0.139. The van der Waals surface area contributed by atoms with E-state index in [1.165, 1.54) is 0 Å². The summed E-state index contributed by atoms with van der Waals surface area (Å²) in [6.45, 7) is 4.36. The van der Waals surface area contributed by atoms with Crippen LogP contribution < -0.4 is 14.8 Å². The third kappa shape index (κ3) is 6.46. The molecule has 1 rings (SSSR count). The van der Waals surface area contributed by atoms with Gasteiger partial charge in [0.15, 0.2) is 18.1 Å². The van der Waals surface area contributed by atoms with Crippen LogP contribution in [0.4, 0.5) is 0 Å². The number of para-hydroxylation sites is 1. The fraction of sp³-hybridized carbons (Fsp3) is 0.533. The molecule has 118 valence electrons. The van der Waals surface area contributed by atoms with Crippen molar-refractivity contribution in [2.75, 3.05) is 40.4 Å². The number of benzene rings is 1. The summed E-state index contributed by atoms with van der Waals surface area (Å²) in [5.41, 5.74) is 0.890. The van der Waals surface area contributed by atoms with E-state index in [9.17, 15) is 4.79 Å². The van der Waals surface area contributed by atoms with Crippen molar-refractivity contribution in [1.29, 1.82) is 0 Å². The molecule has 0 aliphatic heterocycles. The Balaban J connectivity index is 2.74. The average molecular weight is 296 g/mol. The van der Waals surface area contributed by atoms with Crippen molar-refractivity contribution in [1.82, 2.24) is 10.2 Å². The Morgan fingerprint density at radius 2 is 2.10 bits per heavy atom. The molecule has 0 saturated heterocycles. The van der Waals surface area contributed by atoms with E-state index in [-0.39, 0.29) is 6.61 Å². The summed E-state index contributed by atoms with van der Waals surface area (Å²) >= 11 is 0. The maximum atomic E-state index is 10.7. The van der Waals surface area contributed by atoms with E-state index in [0.717, 1.165) is 18.7 Å². The molecule has 0 aliphatic carbocycles. The average Bonchev–Trinajstić information content (AvgIpc) is 2.42. The van der Waals surface area contributed by atoms with Crippen molar-refractivity contribution in [3.05, 3.63) is 23.8 Å². The minimum Gasteiger partial charge on any atom is -0.490 e. The largest absolute Gasteiger partial charge is 0.490 e. The third-order valence-electron chi connectivity index (χ3n) is 2.75. The van der Waals surface area contributed by atoms with Crippen molar-refractivity contribution in [2.45, 2.75) is 13.5 Å². The number of carboxylic acid groups (broad SMARTS) is 1. The standard InChI is InChI=1S/C15H24N2O4/c1-4-20-13-7-5-6-12(10-16-8-9-17(2)3)15(13)21-11-14(18)19/h5-7,16H,4,8-11H2,1-3H3,(H,18,19). The first-order valence-corrected chi connectivity index (χ1v) is 6.99. The van der Waals surface area contributed by atoms with Gasteiger partial charge >= 0.3 is 5.97 Å². The number of ether oxygens (including phenoxy) is 2. The molecular weight excluding hydrogens is 272 g/mol. The van der Waals surface area contributed by atoms with E-state index in [4.69, 9.17) is 14.6 Å². The Kier molecular flexibility index (Phi) is 7.56. The Morgan fingerprint density at radius 1 is 1.33 bits per heavy atom. The Hall–Kier alpha value is -1.79. The molecule has 0 aromatic heterocycles. The fourth-order valence-corrected chi connectivity index (χ4v) is 1.79. The van der Waals surface area contributed by atoms with Gasteiger partial charge in [0.25, 0.3) is 0 Å². The molecule has 2 N–H and O–H groups in total. The van der Waals surface area contributed by atoms with Gasteiger partial charge in [-0.3, -0.25) is 0 Å². The molecule has 0 heterocycles. The molecule has 0 spiro atoms. The molecule has 0 radical (unpaired) electrons. The molecule has 1 aromatic rings. The minimum absolute atomic E-state index is 0.380. The maximum absolute atomic E-state index is 10.7. The van der Waals surface area contributed by atoms with Crippen molar-refractivity contribution in [3.63, 3.8) is 0 Å². The zero-order valence-corrected chi connectivity index (χ0v) is 12.9. The zero-order valence-electron chi connectivity index (χ0n) is 12.9. The molecule has 1 aromatic carbocycles. The monoisotopic (exact) mass is 296 g/mol. The quantitative estimate of drug-likeness (QED) is 0.632. The summed E-state index contributed by atoms with van der Waals surface area (Å²) in [6, 6.07) is 5.56. The first-order chi connectivity index (χ1) is 10.0. The number of rotatable bonds is 10. The van der Waals surface area contributed by atoms with E-state index >= 15 is 0 Å². The number of nitrogens with one attached hydrogen (secondary N) is 1. The van der Waals surface area contributed by atoms with Crippen LogP contribution in [0.1, 0.15) is 12.5 Å². The topological polar surface area (TPSA) is 71.0 Å². The fourth-order valence-electron chi connectivity index (χ4n) is 1.79. The highest BCUT2D eigenvalue weighted by Gasteiger charge is 2.12. The normalized spacial score (nSPS) is 10.7. The Labute approximate surface area is 125 Å². The van der Waals surface area contributed by atoms with Crippen LogP contribution in [0.3, 0.4) is 0 Å². The predicted octanol–water partition coefficient (Wildman–Crippen LogP) is 1.20. The zero-order chi connectivity index (χ0) is 15.7. The van der Waals surface area contributed by atoms with Crippen LogP contribution >= 0.6 is 0 Å². The first-order valence-electron chi connectivity index (χ1n) is 6.99. The molecular formula is C15H24N2O4. The summed E-state index contributed by atoms with van der Waals surface area (Å²) in [4.78, 5) is 12.8. The van der Waals surface area contributed by atoms with Crippen LogP contribution in [0.5, 0.6) is 11.5 Å². The highest BCUT2D eigenvalue weighted by atomic mass is 16.5. The van der Waals surface area contributed by atoms with E-state index in [1.54, 1.807) is 6.07 Å². The van der Waals surface area contributed by atoms with Crippen LogP contribution in [0, 0.1) is 0 Å². The van der Waals surface area contributed by atoms with Crippen molar-refractivity contribution < 1.29 is 19.4 Å². The summed E-state index contributed by atoms with van der Waals surface area (Å²) < 4.78 is 10.9. The van der Waals surface area contributed by atoms with Crippen molar-refractivity contribution >= 4 is 5.97 Å². The number of hydrogen-bond donors (Lipinski definition) is 2. The summed E-state index contributed by atoms with van der Waals surface area (Å²) in [6.07, 6.45) is 0. The van der Waals surface area contributed by atoms with Crippen LogP contribution in [0.2, 0.25) is 0 Å². The minimum atomic E-state index is -1.01. The smallest absolute Gasteiger partial charge is 0.341 e. The van der Waals surface area contributed by atoms with Gasteiger partial charge in [-0.15, -0.1) is 0 Å². The lowest BCUT2D eigenvalue weighted by atomic mass is 10.2. The van der Waals surface area contributed by atoms with E-state index < -0.39 is 5.97 Å². The van der Waals surface area contributed by atoms with Crippen LogP contribution in [-0.2, 0) is 11.3 Å². The van der Waals surface area contributed by atoms with Gasteiger partial charge in [0, 0.05) is 25.2 Å². The van der Waals surface area contributed by atoms with E-state index in [2.05, 4.69) is 10.2 Å². The highest BCUT2D eigenvalue weighted by Crippen LogP contribution is 2.31. The molecule has 0 aliphatic rings. The second-order valence-electron chi connectivity index (χ2n) is 4.84. The van der Waals surface area contributed by atoms with Crippen LogP contribution in [-0.4, -0.2) is 56.4 Å². The SMILES string of the molecule is CCOc1cccc(CNCCN(C)C)c1OCC(=O)O. The number of carbonyl (C=O) groups is 1. The molecule has 21 heavy (non-hydrogen) atoms. The predicted molar refractivity (Wildman–Crippen MR) is 81.0 cm³/mol. The second-order valence-corrected chi connectivity index (χ2v) is 4.84. The van der Waals surface area contributed by atoms with Gasteiger partial charge in [-0.1, -0.05) is 12.1 Å². The van der Waals surface area contributed by atoms with Gasteiger partial charge in [-0.05, 0) is 27.1 Å². The number of aliphatic carboxylic acids is 1. The maximum Gasteiger partial charge on any atom is 0.341 e. The van der Waals surface area contributed by atoms with Crippen LogP contribution in [0.25, 0.3) is 0 Å². The molecule has 6 nitrogen and oxygen atoms in total. The number of carboxylic acids is 1. The summed E-state index contributed by atoms with van der Waals surface area (Å²) in [5, 5.41) is 12.1. The first kappa shape index (κ1) is 17.3. The van der Waals surface area contributed by atoms with Crippen molar-refractivity contribution in [2.24, 2.45) is 0 Å². The van der Waals surface area contributed by atoms with E-state index in [0.29, 0.717) is 24.7 Å².